The minimum absolute atomic E-state index is 0.00164. The minimum atomic E-state index is -0.924. The maximum absolute atomic E-state index is 14.8. The van der Waals surface area contributed by atoms with E-state index in [9.17, 15) is 13.6 Å². The van der Waals surface area contributed by atoms with Crippen LogP contribution in [0.15, 0.2) is 30.6 Å². The second-order valence-electron chi connectivity index (χ2n) is 5.39. The summed E-state index contributed by atoms with van der Waals surface area (Å²) in [6.07, 6.45) is 1.39. The van der Waals surface area contributed by atoms with Crippen LogP contribution in [0.5, 0.6) is 0 Å². The van der Waals surface area contributed by atoms with E-state index >= 15 is 0 Å². The Hall–Kier alpha value is -3.00. The van der Waals surface area contributed by atoms with Gasteiger partial charge in [0.05, 0.1) is 28.8 Å². The quantitative estimate of drug-likeness (QED) is 0.429. The molecular formula is C20H26F2N4O2. The highest BCUT2D eigenvalue weighted by Gasteiger charge is 2.22. The summed E-state index contributed by atoms with van der Waals surface area (Å²) in [5.74, 6) is -2.33. The minimum Gasteiger partial charge on any atom is -0.350 e. The molecule has 0 aliphatic carbocycles. The van der Waals surface area contributed by atoms with Crippen LogP contribution in [0, 0.1) is 18.6 Å². The smallest absolute Gasteiger partial charge is 0.276 e. The summed E-state index contributed by atoms with van der Waals surface area (Å²) in [5.41, 5.74) is 2.12. The van der Waals surface area contributed by atoms with E-state index in [2.05, 4.69) is 10.3 Å². The first kappa shape index (κ1) is 23.0. The van der Waals surface area contributed by atoms with Crippen LogP contribution in [0.25, 0.3) is 11.0 Å². The number of halogens is 2. The third-order valence-electron chi connectivity index (χ3n) is 3.69. The number of nitrogens with one attached hydrogen (secondary N) is 2. The van der Waals surface area contributed by atoms with E-state index in [0.29, 0.717) is 11.1 Å². The molecule has 0 atom stereocenters. The Morgan fingerprint density at radius 2 is 1.79 bits per heavy atom. The summed E-state index contributed by atoms with van der Waals surface area (Å²) in [6.45, 7) is 9.72. The van der Waals surface area contributed by atoms with Crippen LogP contribution >= 0.6 is 0 Å². The van der Waals surface area contributed by atoms with Gasteiger partial charge in [-0.25, -0.2) is 19.2 Å². The van der Waals surface area contributed by atoms with Gasteiger partial charge in [0, 0.05) is 7.05 Å². The number of rotatable bonds is 3. The van der Waals surface area contributed by atoms with Crippen molar-refractivity contribution in [3.63, 3.8) is 0 Å². The first-order chi connectivity index (χ1) is 13.4. The van der Waals surface area contributed by atoms with Crippen molar-refractivity contribution in [2.45, 2.75) is 34.6 Å². The number of hydroxylamine groups is 1. The zero-order chi connectivity index (χ0) is 21.4. The zero-order valence-electron chi connectivity index (χ0n) is 16.9. The van der Waals surface area contributed by atoms with Crippen molar-refractivity contribution in [2.24, 2.45) is 7.05 Å². The summed E-state index contributed by atoms with van der Waals surface area (Å²) >= 11 is 0. The molecule has 1 aromatic heterocycles. The molecule has 2 aromatic carbocycles. The Morgan fingerprint density at radius 1 is 1.14 bits per heavy atom. The monoisotopic (exact) mass is 392 g/mol. The summed E-state index contributed by atoms with van der Waals surface area (Å²) in [7, 11) is 1.64. The molecule has 3 aromatic rings. The third-order valence-corrected chi connectivity index (χ3v) is 3.69. The molecule has 0 fully saturated rings. The van der Waals surface area contributed by atoms with Gasteiger partial charge in [-0.3, -0.25) is 10.0 Å². The Kier molecular flexibility index (Phi) is 8.53. The van der Waals surface area contributed by atoms with Crippen LogP contribution in [0.1, 0.15) is 43.6 Å². The number of hydrogen-bond donors (Lipinski definition) is 3. The van der Waals surface area contributed by atoms with E-state index < -0.39 is 17.5 Å². The molecule has 28 heavy (non-hydrogen) atoms. The van der Waals surface area contributed by atoms with Crippen LogP contribution in [0.4, 0.5) is 20.2 Å². The van der Waals surface area contributed by atoms with Gasteiger partial charge in [0.1, 0.15) is 11.3 Å². The highest BCUT2D eigenvalue weighted by Crippen LogP contribution is 2.31. The van der Waals surface area contributed by atoms with E-state index in [1.165, 1.54) is 34.6 Å². The molecule has 6 nitrogen and oxygen atoms in total. The molecule has 0 aliphatic rings. The average Bonchev–Trinajstić information content (AvgIpc) is 3.09. The number of fused-ring (bicyclic) bond motifs is 1. The third kappa shape index (κ3) is 4.64. The molecule has 1 amide bonds. The van der Waals surface area contributed by atoms with Gasteiger partial charge in [0.25, 0.3) is 5.91 Å². The van der Waals surface area contributed by atoms with Crippen molar-refractivity contribution in [1.82, 2.24) is 15.0 Å². The SMILES string of the molecule is CC.CC.Cc1ccc(Nc2c(C(=O)NO)cc3c(ncn3C)c2F)c(F)c1. The molecule has 0 bridgehead atoms. The number of carbonyl (C=O) groups excluding carboxylic acids is 1. The lowest BCUT2D eigenvalue weighted by Crippen LogP contribution is -2.20. The van der Waals surface area contributed by atoms with Crippen LogP contribution in [-0.2, 0) is 7.05 Å². The number of benzene rings is 2. The molecule has 1 heterocycles. The van der Waals surface area contributed by atoms with Crippen molar-refractivity contribution < 1.29 is 18.8 Å². The predicted molar refractivity (Wildman–Crippen MR) is 107 cm³/mol. The summed E-state index contributed by atoms with van der Waals surface area (Å²) in [6, 6.07) is 5.73. The van der Waals surface area contributed by atoms with Crippen molar-refractivity contribution >= 4 is 28.3 Å². The van der Waals surface area contributed by atoms with Crippen molar-refractivity contribution in [1.29, 1.82) is 0 Å². The first-order valence-corrected chi connectivity index (χ1v) is 9.03. The largest absolute Gasteiger partial charge is 0.350 e. The Balaban J connectivity index is 0.000000921. The second-order valence-corrected chi connectivity index (χ2v) is 5.39. The molecule has 152 valence electrons. The van der Waals surface area contributed by atoms with E-state index in [0.717, 1.165) is 0 Å². The molecular weight excluding hydrogens is 366 g/mol. The highest BCUT2D eigenvalue weighted by atomic mass is 19.1. The van der Waals surface area contributed by atoms with Crippen LogP contribution in [-0.4, -0.2) is 20.7 Å². The van der Waals surface area contributed by atoms with Gasteiger partial charge in [-0.15, -0.1) is 0 Å². The summed E-state index contributed by atoms with van der Waals surface area (Å²) in [4.78, 5) is 15.8. The second kappa shape index (κ2) is 10.4. The van der Waals surface area contributed by atoms with Gasteiger partial charge in [-0.1, -0.05) is 33.8 Å². The van der Waals surface area contributed by atoms with Gasteiger partial charge in [-0.2, -0.15) is 0 Å². The fourth-order valence-corrected chi connectivity index (χ4v) is 2.44. The van der Waals surface area contributed by atoms with E-state index in [1.54, 1.807) is 20.0 Å². The summed E-state index contributed by atoms with van der Waals surface area (Å²) in [5, 5.41) is 11.5. The molecule has 0 spiro atoms. The lowest BCUT2D eigenvalue weighted by Gasteiger charge is -2.14. The van der Waals surface area contributed by atoms with Gasteiger partial charge in [0.15, 0.2) is 5.82 Å². The van der Waals surface area contributed by atoms with Gasteiger partial charge >= 0.3 is 0 Å². The number of nitrogens with zero attached hydrogens (tertiary/aromatic N) is 2. The zero-order valence-corrected chi connectivity index (χ0v) is 16.9. The number of carbonyl (C=O) groups is 1. The standard InChI is InChI=1S/C16H14F2N4O2.2C2H6/c1-8-3-4-11(10(17)5-8)20-14-9(16(23)21-24)6-12-15(13(14)18)19-7-22(12)2;2*1-2/h3-7,20,24H,1-2H3,(H,21,23);2*1-2H3. The number of aromatic nitrogens is 2. The molecule has 0 unspecified atom stereocenters. The van der Waals surface area contributed by atoms with E-state index in [-0.39, 0.29) is 22.5 Å². The number of anilines is 2. The number of amides is 1. The van der Waals surface area contributed by atoms with Crippen LogP contribution in [0.2, 0.25) is 0 Å². The first-order valence-electron chi connectivity index (χ1n) is 9.03. The Morgan fingerprint density at radius 3 is 2.36 bits per heavy atom. The normalized spacial score (nSPS) is 9.75. The lowest BCUT2D eigenvalue weighted by molar-refractivity contribution is 0.0707. The predicted octanol–water partition coefficient (Wildman–Crippen LogP) is 5.07. The van der Waals surface area contributed by atoms with E-state index in [4.69, 9.17) is 5.21 Å². The van der Waals surface area contributed by atoms with Gasteiger partial charge in [0.2, 0.25) is 0 Å². The summed E-state index contributed by atoms with van der Waals surface area (Å²) < 4.78 is 30.4. The maximum Gasteiger partial charge on any atom is 0.276 e. The number of aryl methyl sites for hydroxylation is 2. The fourth-order valence-electron chi connectivity index (χ4n) is 2.44. The highest BCUT2D eigenvalue weighted by molar-refractivity contribution is 6.03. The Bertz CT molecular complexity index is 955. The molecule has 8 heteroatoms. The van der Waals surface area contributed by atoms with Crippen LogP contribution in [0.3, 0.4) is 0 Å². The van der Waals surface area contributed by atoms with E-state index in [1.807, 2.05) is 27.7 Å². The number of imidazole rings is 1. The number of hydrogen-bond acceptors (Lipinski definition) is 4. The van der Waals surface area contributed by atoms with Gasteiger partial charge in [-0.05, 0) is 30.7 Å². The van der Waals surface area contributed by atoms with Crippen molar-refractivity contribution in [3.8, 4) is 0 Å². The maximum atomic E-state index is 14.8. The molecule has 3 N–H and O–H groups in total. The molecule has 0 saturated carbocycles. The topological polar surface area (TPSA) is 79.2 Å². The van der Waals surface area contributed by atoms with Gasteiger partial charge < -0.3 is 9.88 Å². The molecule has 3 rings (SSSR count). The fraction of sp³-hybridized carbons (Fsp3) is 0.300. The molecule has 0 radical (unpaired) electrons. The lowest BCUT2D eigenvalue weighted by atomic mass is 10.1. The average molecular weight is 392 g/mol. The van der Waals surface area contributed by atoms with Crippen molar-refractivity contribution in [2.75, 3.05) is 5.32 Å². The molecule has 0 aliphatic heterocycles. The van der Waals surface area contributed by atoms with Crippen molar-refractivity contribution in [3.05, 3.63) is 53.4 Å². The Labute approximate surface area is 163 Å². The molecule has 0 saturated heterocycles. The van der Waals surface area contributed by atoms with Crippen LogP contribution < -0.4 is 10.8 Å².